The first-order chi connectivity index (χ1) is 8.91. The summed E-state index contributed by atoms with van der Waals surface area (Å²) >= 11 is 0. The summed E-state index contributed by atoms with van der Waals surface area (Å²) in [6, 6.07) is 3.58. The van der Waals surface area contributed by atoms with Crippen LogP contribution in [0.15, 0.2) is 18.2 Å². The molecule has 1 saturated carbocycles. The third-order valence-electron chi connectivity index (χ3n) is 3.64. The van der Waals surface area contributed by atoms with Gasteiger partial charge in [0.15, 0.2) is 0 Å². The van der Waals surface area contributed by atoms with E-state index in [-0.39, 0.29) is 0 Å². The summed E-state index contributed by atoms with van der Waals surface area (Å²) in [7, 11) is 1.89. The lowest BCUT2D eigenvalue weighted by Crippen LogP contribution is -2.27. The van der Waals surface area contributed by atoms with Gasteiger partial charge in [0.2, 0.25) is 0 Å². The molecule has 0 aromatic heterocycles. The standard InChI is InChI=1S/C14H17F4N/c1-19-13(10-4-5-10)7-3-9-2-6-11(12(15)8-9)14(16,17)18/h2,6,8,10,13,19H,3-5,7H2,1H3. The van der Waals surface area contributed by atoms with Gasteiger partial charge in [-0.1, -0.05) is 6.07 Å². The number of aryl methyl sites for hydroxylation is 1. The van der Waals surface area contributed by atoms with Crippen LogP contribution in [-0.4, -0.2) is 13.1 Å². The van der Waals surface area contributed by atoms with Crippen molar-refractivity contribution in [1.29, 1.82) is 0 Å². The first kappa shape index (κ1) is 14.3. The molecule has 0 radical (unpaired) electrons. The zero-order valence-electron chi connectivity index (χ0n) is 10.7. The Bertz CT molecular complexity index is 438. The van der Waals surface area contributed by atoms with Crippen molar-refractivity contribution in [1.82, 2.24) is 5.32 Å². The molecule has 1 aliphatic carbocycles. The largest absolute Gasteiger partial charge is 0.419 e. The fourth-order valence-electron chi connectivity index (χ4n) is 2.38. The molecule has 2 rings (SSSR count). The molecule has 1 aromatic rings. The van der Waals surface area contributed by atoms with Gasteiger partial charge in [0.1, 0.15) is 5.82 Å². The minimum absolute atomic E-state index is 0.380. The third-order valence-corrected chi connectivity index (χ3v) is 3.64. The topological polar surface area (TPSA) is 12.0 Å². The molecule has 0 amide bonds. The molecule has 106 valence electrons. The number of rotatable bonds is 5. The van der Waals surface area contributed by atoms with Crippen molar-refractivity contribution < 1.29 is 17.6 Å². The Kier molecular flexibility index (Phi) is 4.13. The second-order valence-corrected chi connectivity index (χ2v) is 5.08. The number of halogens is 4. The van der Waals surface area contributed by atoms with E-state index in [2.05, 4.69) is 5.32 Å². The van der Waals surface area contributed by atoms with E-state index >= 15 is 0 Å². The van der Waals surface area contributed by atoms with Crippen LogP contribution in [0, 0.1) is 11.7 Å². The predicted molar refractivity (Wildman–Crippen MR) is 65.3 cm³/mol. The van der Waals surface area contributed by atoms with Gasteiger partial charge in [-0.15, -0.1) is 0 Å². The van der Waals surface area contributed by atoms with Crippen LogP contribution in [0.1, 0.15) is 30.4 Å². The highest BCUT2D eigenvalue weighted by Gasteiger charge is 2.34. The van der Waals surface area contributed by atoms with Gasteiger partial charge in [0, 0.05) is 6.04 Å². The fraction of sp³-hybridized carbons (Fsp3) is 0.571. The molecule has 0 saturated heterocycles. The predicted octanol–water partition coefficient (Wildman–Crippen LogP) is 3.78. The Hall–Kier alpha value is -1.10. The quantitative estimate of drug-likeness (QED) is 0.806. The lowest BCUT2D eigenvalue weighted by molar-refractivity contribution is -0.140. The molecule has 0 spiro atoms. The van der Waals surface area contributed by atoms with Crippen molar-refractivity contribution in [3.63, 3.8) is 0 Å². The molecular weight excluding hydrogens is 258 g/mol. The van der Waals surface area contributed by atoms with Crippen LogP contribution in [0.3, 0.4) is 0 Å². The van der Waals surface area contributed by atoms with E-state index in [1.54, 1.807) is 0 Å². The van der Waals surface area contributed by atoms with Gasteiger partial charge in [-0.2, -0.15) is 13.2 Å². The fourth-order valence-corrected chi connectivity index (χ4v) is 2.38. The maximum Gasteiger partial charge on any atom is 0.419 e. The van der Waals surface area contributed by atoms with Crippen molar-refractivity contribution in [3.8, 4) is 0 Å². The van der Waals surface area contributed by atoms with Crippen molar-refractivity contribution in [2.24, 2.45) is 5.92 Å². The van der Waals surface area contributed by atoms with Gasteiger partial charge in [-0.3, -0.25) is 0 Å². The average molecular weight is 275 g/mol. The van der Waals surface area contributed by atoms with Crippen LogP contribution in [0.25, 0.3) is 0 Å². The molecule has 5 heteroatoms. The van der Waals surface area contributed by atoms with E-state index in [0.29, 0.717) is 23.9 Å². The number of alkyl halides is 3. The number of hydrogen-bond donors (Lipinski definition) is 1. The molecule has 0 bridgehead atoms. The smallest absolute Gasteiger partial charge is 0.317 e. The first-order valence-corrected chi connectivity index (χ1v) is 6.44. The number of hydrogen-bond acceptors (Lipinski definition) is 1. The molecule has 1 fully saturated rings. The molecule has 1 unspecified atom stereocenters. The zero-order chi connectivity index (χ0) is 14.0. The van der Waals surface area contributed by atoms with Gasteiger partial charge in [0.05, 0.1) is 5.56 Å². The Morgan fingerprint density at radius 2 is 2.00 bits per heavy atom. The maximum absolute atomic E-state index is 13.4. The lowest BCUT2D eigenvalue weighted by Gasteiger charge is -2.15. The Labute approximate surface area is 110 Å². The lowest BCUT2D eigenvalue weighted by atomic mass is 10.0. The molecular formula is C14H17F4N. The minimum atomic E-state index is -4.62. The van der Waals surface area contributed by atoms with Crippen LogP contribution in [0.4, 0.5) is 17.6 Å². The molecule has 1 nitrogen and oxygen atoms in total. The molecule has 19 heavy (non-hydrogen) atoms. The highest BCUT2D eigenvalue weighted by atomic mass is 19.4. The van der Waals surface area contributed by atoms with Crippen molar-refractivity contribution in [2.75, 3.05) is 7.05 Å². The molecule has 0 heterocycles. The Balaban J connectivity index is 1.99. The molecule has 0 aliphatic heterocycles. The summed E-state index contributed by atoms with van der Waals surface area (Å²) in [6.45, 7) is 0. The SMILES string of the molecule is CNC(CCc1ccc(C(F)(F)F)c(F)c1)C1CC1. The Morgan fingerprint density at radius 3 is 2.47 bits per heavy atom. The minimum Gasteiger partial charge on any atom is -0.317 e. The van der Waals surface area contributed by atoms with Gasteiger partial charge >= 0.3 is 6.18 Å². The summed E-state index contributed by atoms with van der Waals surface area (Å²) in [5, 5.41) is 3.21. The highest BCUT2D eigenvalue weighted by molar-refractivity contribution is 5.26. The average Bonchev–Trinajstić information content (AvgIpc) is 3.12. The van der Waals surface area contributed by atoms with E-state index in [4.69, 9.17) is 0 Å². The van der Waals surface area contributed by atoms with E-state index in [9.17, 15) is 17.6 Å². The van der Waals surface area contributed by atoms with Crippen molar-refractivity contribution >= 4 is 0 Å². The van der Waals surface area contributed by atoms with E-state index in [1.807, 2.05) is 7.05 Å². The summed E-state index contributed by atoms with van der Waals surface area (Å²) in [5.74, 6) is -0.512. The van der Waals surface area contributed by atoms with Crippen LogP contribution >= 0.6 is 0 Å². The molecule has 1 aromatic carbocycles. The monoisotopic (exact) mass is 275 g/mol. The molecule has 1 N–H and O–H groups in total. The van der Waals surface area contributed by atoms with E-state index in [0.717, 1.165) is 18.6 Å². The second kappa shape index (κ2) is 5.49. The third kappa shape index (κ3) is 3.69. The second-order valence-electron chi connectivity index (χ2n) is 5.08. The van der Waals surface area contributed by atoms with E-state index < -0.39 is 17.6 Å². The Morgan fingerprint density at radius 1 is 1.32 bits per heavy atom. The summed E-state index contributed by atoms with van der Waals surface area (Å²) < 4.78 is 50.6. The number of benzene rings is 1. The molecule has 1 atom stereocenters. The van der Waals surface area contributed by atoms with Gasteiger partial charge < -0.3 is 5.32 Å². The summed E-state index contributed by atoms with van der Waals surface area (Å²) in [6.07, 6.45) is -0.799. The van der Waals surface area contributed by atoms with Crippen LogP contribution < -0.4 is 5.32 Å². The van der Waals surface area contributed by atoms with Crippen molar-refractivity contribution in [3.05, 3.63) is 35.1 Å². The van der Waals surface area contributed by atoms with Crippen LogP contribution in [-0.2, 0) is 12.6 Å². The van der Waals surface area contributed by atoms with E-state index in [1.165, 1.54) is 18.9 Å². The summed E-state index contributed by atoms with van der Waals surface area (Å²) in [4.78, 5) is 0. The normalized spacial score (nSPS) is 17.5. The molecule has 1 aliphatic rings. The first-order valence-electron chi connectivity index (χ1n) is 6.44. The van der Waals surface area contributed by atoms with Crippen molar-refractivity contribution in [2.45, 2.75) is 37.9 Å². The highest BCUT2D eigenvalue weighted by Crippen LogP contribution is 2.35. The zero-order valence-corrected chi connectivity index (χ0v) is 10.7. The van der Waals surface area contributed by atoms with Crippen LogP contribution in [0.5, 0.6) is 0 Å². The van der Waals surface area contributed by atoms with Gasteiger partial charge in [-0.25, -0.2) is 4.39 Å². The maximum atomic E-state index is 13.4. The van der Waals surface area contributed by atoms with Gasteiger partial charge in [0.25, 0.3) is 0 Å². The van der Waals surface area contributed by atoms with Gasteiger partial charge in [-0.05, 0) is 56.3 Å². The summed E-state index contributed by atoms with van der Waals surface area (Å²) in [5.41, 5.74) is -0.574. The van der Waals surface area contributed by atoms with Crippen LogP contribution in [0.2, 0.25) is 0 Å². The number of nitrogens with one attached hydrogen (secondary N) is 1.